The second-order valence-electron chi connectivity index (χ2n) is 5.99. The molecule has 21 heavy (non-hydrogen) atoms. The second-order valence-corrected chi connectivity index (χ2v) is 5.99. The van der Waals surface area contributed by atoms with E-state index in [1.54, 1.807) is 4.90 Å². The number of hydrogen-bond acceptors (Lipinski definition) is 3. The number of nitrogens with zero attached hydrogens (tertiary/aromatic N) is 1. The maximum atomic E-state index is 12.0. The van der Waals surface area contributed by atoms with Crippen LogP contribution in [-0.4, -0.2) is 54.4 Å². The van der Waals surface area contributed by atoms with E-state index < -0.39 is 11.9 Å². The quantitative estimate of drug-likeness (QED) is 0.759. The van der Waals surface area contributed by atoms with Gasteiger partial charge in [-0.25, -0.2) is 4.79 Å². The Kier molecular flexibility index (Phi) is 6.29. The molecule has 6 heteroatoms. The summed E-state index contributed by atoms with van der Waals surface area (Å²) in [4.78, 5) is 24.6. The van der Waals surface area contributed by atoms with Crippen LogP contribution in [0.15, 0.2) is 0 Å². The van der Waals surface area contributed by atoms with Crippen molar-refractivity contribution < 1.29 is 19.4 Å². The van der Waals surface area contributed by atoms with E-state index in [9.17, 15) is 9.59 Å². The monoisotopic (exact) mass is 298 g/mol. The minimum Gasteiger partial charge on any atom is -0.481 e. The van der Waals surface area contributed by atoms with Gasteiger partial charge in [-0.1, -0.05) is 19.3 Å². The molecule has 1 aliphatic heterocycles. The first-order valence-electron chi connectivity index (χ1n) is 8.04. The number of amides is 2. The van der Waals surface area contributed by atoms with E-state index in [0.717, 1.165) is 19.3 Å². The van der Waals surface area contributed by atoms with E-state index in [1.807, 2.05) is 0 Å². The van der Waals surface area contributed by atoms with Crippen molar-refractivity contribution in [2.45, 2.75) is 51.0 Å². The topological polar surface area (TPSA) is 78.9 Å². The highest BCUT2D eigenvalue weighted by Gasteiger charge is 2.27. The van der Waals surface area contributed by atoms with E-state index in [0.29, 0.717) is 38.8 Å². The van der Waals surface area contributed by atoms with Gasteiger partial charge in [0.05, 0.1) is 18.6 Å². The second kappa shape index (κ2) is 8.22. The zero-order chi connectivity index (χ0) is 15.1. The summed E-state index contributed by atoms with van der Waals surface area (Å²) in [7, 11) is 0. The molecule has 0 aromatic rings. The lowest BCUT2D eigenvalue weighted by Gasteiger charge is -2.30. The highest BCUT2D eigenvalue weighted by Crippen LogP contribution is 2.20. The molecule has 2 fully saturated rings. The number of likely N-dealkylation sites (tertiary alicyclic amines) is 1. The molecule has 0 radical (unpaired) electrons. The molecule has 1 saturated carbocycles. The van der Waals surface area contributed by atoms with Crippen LogP contribution in [0.4, 0.5) is 4.79 Å². The molecule has 120 valence electrons. The van der Waals surface area contributed by atoms with Gasteiger partial charge in [-0.15, -0.1) is 0 Å². The minimum absolute atomic E-state index is 0.173. The normalized spacial score (nSPS) is 23.8. The number of carbonyl (C=O) groups excluding carboxylic acids is 1. The highest BCUT2D eigenvalue weighted by molar-refractivity contribution is 5.76. The summed E-state index contributed by atoms with van der Waals surface area (Å²) in [5.74, 6) is -1.24. The highest BCUT2D eigenvalue weighted by atomic mass is 16.5. The molecule has 2 N–H and O–H groups in total. The fraction of sp³-hybridized carbons (Fsp3) is 0.867. The van der Waals surface area contributed by atoms with Crippen molar-refractivity contribution in [2.24, 2.45) is 5.92 Å². The lowest BCUT2D eigenvalue weighted by atomic mass is 9.98. The number of piperidine rings is 1. The molecule has 6 nitrogen and oxygen atoms in total. The largest absolute Gasteiger partial charge is 0.481 e. The molecule has 1 aliphatic carbocycles. The molecule has 2 amide bonds. The van der Waals surface area contributed by atoms with Gasteiger partial charge in [-0.3, -0.25) is 4.79 Å². The molecule has 1 saturated heterocycles. The predicted octanol–water partition coefficient (Wildman–Crippen LogP) is 1.84. The van der Waals surface area contributed by atoms with Crippen LogP contribution in [0.5, 0.6) is 0 Å². The number of rotatable bonds is 5. The van der Waals surface area contributed by atoms with Crippen molar-refractivity contribution >= 4 is 12.0 Å². The van der Waals surface area contributed by atoms with E-state index >= 15 is 0 Å². The van der Waals surface area contributed by atoms with Gasteiger partial charge in [0.1, 0.15) is 0 Å². The SMILES string of the molecule is O=C(O)C1CCCN(C(=O)NCCOC2CCCCC2)C1. The number of nitrogens with one attached hydrogen (secondary N) is 1. The number of carboxylic acid groups (broad SMARTS) is 1. The molecular formula is C15H26N2O4. The zero-order valence-corrected chi connectivity index (χ0v) is 12.6. The predicted molar refractivity (Wildman–Crippen MR) is 78.2 cm³/mol. The fourth-order valence-corrected chi connectivity index (χ4v) is 3.09. The van der Waals surface area contributed by atoms with Gasteiger partial charge in [0.25, 0.3) is 0 Å². The first kappa shape index (κ1) is 16.1. The Morgan fingerprint density at radius 3 is 2.62 bits per heavy atom. The minimum atomic E-state index is -0.812. The molecule has 1 unspecified atom stereocenters. The fourth-order valence-electron chi connectivity index (χ4n) is 3.09. The lowest BCUT2D eigenvalue weighted by molar-refractivity contribution is -0.143. The van der Waals surface area contributed by atoms with Crippen LogP contribution < -0.4 is 5.32 Å². The Morgan fingerprint density at radius 2 is 1.90 bits per heavy atom. The van der Waals surface area contributed by atoms with Gasteiger partial charge in [-0.05, 0) is 25.7 Å². The molecule has 2 rings (SSSR count). The first-order chi connectivity index (χ1) is 10.2. The summed E-state index contributed by atoms with van der Waals surface area (Å²) in [6.07, 6.45) is 7.79. The Bertz CT molecular complexity index is 356. The van der Waals surface area contributed by atoms with Gasteiger partial charge in [-0.2, -0.15) is 0 Å². The Balaban J connectivity index is 1.61. The molecule has 0 aromatic heterocycles. The van der Waals surface area contributed by atoms with Crippen LogP contribution in [-0.2, 0) is 9.53 Å². The van der Waals surface area contributed by atoms with Crippen molar-refractivity contribution in [3.05, 3.63) is 0 Å². The van der Waals surface area contributed by atoms with Crippen LogP contribution in [0.3, 0.4) is 0 Å². The molecule has 1 heterocycles. The van der Waals surface area contributed by atoms with Crippen molar-refractivity contribution in [2.75, 3.05) is 26.2 Å². The average Bonchev–Trinajstić information content (AvgIpc) is 2.52. The third-order valence-corrected chi connectivity index (χ3v) is 4.34. The molecule has 0 bridgehead atoms. The number of carbonyl (C=O) groups is 2. The summed E-state index contributed by atoms with van der Waals surface area (Å²) in [6.45, 7) is 1.97. The van der Waals surface area contributed by atoms with E-state index in [2.05, 4.69) is 5.32 Å². The smallest absolute Gasteiger partial charge is 0.317 e. The molecule has 0 spiro atoms. The summed E-state index contributed by atoms with van der Waals surface area (Å²) in [5, 5.41) is 11.8. The summed E-state index contributed by atoms with van der Waals surface area (Å²) >= 11 is 0. The third kappa shape index (κ3) is 5.19. The van der Waals surface area contributed by atoms with Gasteiger partial charge < -0.3 is 20.1 Å². The van der Waals surface area contributed by atoms with Crippen LogP contribution >= 0.6 is 0 Å². The van der Waals surface area contributed by atoms with Crippen molar-refractivity contribution in [1.29, 1.82) is 0 Å². The van der Waals surface area contributed by atoms with Gasteiger partial charge in [0, 0.05) is 19.6 Å². The van der Waals surface area contributed by atoms with Gasteiger partial charge >= 0.3 is 12.0 Å². The van der Waals surface area contributed by atoms with E-state index in [-0.39, 0.29) is 6.03 Å². The standard InChI is InChI=1S/C15H26N2O4/c18-14(19)12-5-4-9-17(11-12)15(20)16-8-10-21-13-6-2-1-3-7-13/h12-13H,1-11H2,(H,16,20)(H,18,19). The Labute approximate surface area is 125 Å². The number of carboxylic acids is 1. The van der Waals surface area contributed by atoms with E-state index in [4.69, 9.17) is 9.84 Å². The summed E-state index contributed by atoms with van der Waals surface area (Å²) in [5.41, 5.74) is 0. The summed E-state index contributed by atoms with van der Waals surface area (Å²) in [6, 6.07) is -0.173. The van der Waals surface area contributed by atoms with Crippen molar-refractivity contribution in [3.63, 3.8) is 0 Å². The zero-order valence-electron chi connectivity index (χ0n) is 12.6. The van der Waals surface area contributed by atoms with Gasteiger partial charge in [0.15, 0.2) is 0 Å². The van der Waals surface area contributed by atoms with Crippen LogP contribution in [0, 0.1) is 5.92 Å². The van der Waals surface area contributed by atoms with Gasteiger partial charge in [0.2, 0.25) is 0 Å². The first-order valence-corrected chi connectivity index (χ1v) is 8.04. The number of urea groups is 1. The molecular weight excluding hydrogens is 272 g/mol. The van der Waals surface area contributed by atoms with Crippen LogP contribution in [0.1, 0.15) is 44.9 Å². The lowest BCUT2D eigenvalue weighted by Crippen LogP contribution is -2.47. The van der Waals surface area contributed by atoms with Crippen molar-refractivity contribution in [1.82, 2.24) is 10.2 Å². The number of aliphatic carboxylic acids is 1. The molecule has 1 atom stereocenters. The molecule has 2 aliphatic rings. The number of ether oxygens (including phenoxy) is 1. The maximum absolute atomic E-state index is 12.0. The molecule has 0 aromatic carbocycles. The van der Waals surface area contributed by atoms with Crippen LogP contribution in [0.25, 0.3) is 0 Å². The van der Waals surface area contributed by atoms with Crippen LogP contribution in [0.2, 0.25) is 0 Å². The van der Waals surface area contributed by atoms with Crippen molar-refractivity contribution in [3.8, 4) is 0 Å². The van der Waals surface area contributed by atoms with E-state index in [1.165, 1.54) is 19.3 Å². The Hall–Kier alpha value is -1.30. The maximum Gasteiger partial charge on any atom is 0.317 e. The third-order valence-electron chi connectivity index (χ3n) is 4.34. The Morgan fingerprint density at radius 1 is 1.14 bits per heavy atom. The number of hydrogen-bond donors (Lipinski definition) is 2. The summed E-state index contributed by atoms with van der Waals surface area (Å²) < 4.78 is 5.75. The average molecular weight is 298 g/mol.